The van der Waals surface area contributed by atoms with Crippen molar-refractivity contribution in [1.82, 2.24) is 4.57 Å². The molecule has 0 saturated carbocycles. The number of hydrogen-bond acceptors (Lipinski definition) is 5. The first-order valence-electron chi connectivity index (χ1n) is 15.3. The summed E-state index contributed by atoms with van der Waals surface area (Å²) in [5.74, 6) is 1.28. The molecule has 1 aromatic heterocycles. The Morgan fingerprint density at radius 2 is 1.77 bits per heavy atom. The lowest BCUT2D eigenvalue weighted by molar-refractivity contribution is 0.283. The van der Waals surface area contributed by atoms with Crippen LogP contribution in [0.3, 0.4) is 0 Å². The summed E-state index contributed by atoms with van der Waals surface area (Å²) in [6, 6.07) is 34.4. The van der Waals surface area contributed by atoms with Crippen LogP contribution in [0.1, 0.15) is 40.3 Å². The molecule has 5 aromatic carbocycles. The fraction of sp³-hybridized carbons (Fsp3) is 0.128. The Hall–Kier alpha value is -4.18. The van der Waals surface area contributed by atoms with E-state index in [9.17, 15) is 4.79 Å². The number of hydrogen-bond donors (Lipinski definition) is 0. The Morgan fingerprint density at radius 1 is 0.979 bits per heavy atom. The Bertz CT molecular complexity index is 2420. The highest BCUT2D eigenvalue weighted by molar-refractivity contribution is 14.1. The quantitative estimate of drug-likeness (QED) is 0.160. The second-order valence-corrected chi connectivity index (χ2v) is 14.2. The number of methoxy groups -OCH3 is 1. The molecule has 0 amide bonds. The van der Waals surface area contributed by atoms with Crippen LogP contribution in [-0.4, -0.2) is 11.7 Å². The van der Waals surface area contributed by atoms with Gasteiger partial charge in [0.15, 0.2) is 16.3 Å². The molecule has 8 rings (SSSR count). The maximum absolute atomic E-state index is 14.3. The van der Waals surface area contributed by atoms with Crippen LogP contribution in [0, 0.1) is 3.57 Å². The van der Waals surface area contributed by atoms with E-state index >= 15 is 0 Å². The van der Waals surface area contributed by atoms with E-state index in [1.807, 2.05) is 65.2 Å². The van der Waals surface area contributed by atoms with Crippen LogP contribution < -0.4 is 24.4 Å². The molecule has 0 saturated heterocycles. The van der Waals surface area contributed by atoms with Gasteiger partial charge >= 0.3 is 0 Å². The third-order valence-electron chi connectivity index (χ3n) is 8.87. The Balaban J connectivity index is 1.21. The van der Waals surface area contributed by atoms with E-state index in [-0.39, 0.29) is 11.6 Å². The molecule has 2 heterocycles. The van der Waals surface area contributed by atoms with Crippen molar-refractivity contribution < 1.29 is 9.47 Å². The fourth-order valence-electron chi connectivity index (χ4n) is 6.68. The molecule has 1 aliphatic carbocycles. The van der Waals surface area contributed by atoms with Crippen LogP contribution in [0.25, 0.3) is 22.5 Å². The van der Waals surface area contributed by atoms with Crippen LogP contribution in [0.5, 0.6) is 11.5 Å². The van der Waals surface area contributed by atoms with Crippen LogP contribution in [0.15, 0.2) is 118 Å². The molecular weight excluding hydrogens is 739 g/mol. The molecule has 1 unspecified atom stereocenters. The van der Waals surface area contributed by atoms with Gasteiger partial charge in [0.2, 0.25) is 0 Å². The number of fused-ring (bicyclic) bond motifs is 4. The summed E-state index contributed by atoms with van der Waals surface area (Å²) in [4.78, 5) is 20.1. The standard InChI is InChI=1S/C39H28ClIN2O3S/c1-45-33-20-23(19-32(41)37(33)46-22-26-12-8-11-24-9-2-4-13-27(24)26)21-34-38(44)43-36(29-15-6-7-16-31(29)40)30-18-17-25-10-3-5-14-28(25)35(30)42-39(43)47-34/h2-16,19-21,36H,17-18,22H2,1H3/b34-21-. The minimum absolute atomic E-state index is 0.0886. The van der Waals surface area contributed by atoms with Gasteiger partial charge in [-0.05, 0) is 98.3 Å². The predicted molar refractivity (Wildman–Crippen MR) is 198 cm³/mol. The number of rotatable bonds is 6. The molecular formula is C39H28ClIN2O3S. The molecule has 5 nitrogen and oxygen atoms in total. The molecule has 0 fully saturated rings. The number of thiazole rings is 1. The molecule has 0 spiro atoms. The molecule has 0 bridgehead atoms. The average molecular weight is 767 g/mol. The van der Waals surface area contributed by atoms with Gasteiger partial charge in [0, 0.05) is 10.6 Å². The van der Waals surface area contributed by atoms with E-state index in [1.54, 1.807) is 7.11 Å². The molecule has 0 N–H and O–H groups in total. The maximum atomic E-state index is 14.3. The fourth-order valence-corrected chi connectivity index (χ4v) is 8.70. The number of aryl methyl sites for hydroxylation is 1. The SMILES string of the molecule is COc1cc(/C=c2\sc3n(c2=O)C(c2ccccc2Cl)C2=C(N=3)c3ccccc3CC2)cc(I)c1OCc1cccc2ccccc12. The third kappa shape index (κ3) is 5.40. The van der Waals surface area contributed by atoms with Crippen molar-refractivity contribution >= 4 is 68.1 Å². The van der Waals surface area contributed by atoms with Crippen molar-refractivity contribution in [3.05, 3.63) is 165 Å². The summed E-state index contributed by atoms with van der Waals surface area (Å²) in [5.41, 5.74) is 7.25. The molecule has 6 aromatic rings. The van der Waals surface area contributed by atoms with Crippen molar-refractivity contribution in [3.63, 3.8) is 0 Å². The van der Waals surface area contributed by atoms with Gasteiger partial charge in [-0.1, -0.05) is 108 Å². The van der Waals surface area contributed by atoms with Gasteiger partial charge in [0.1, 0.15) is 6.61 Å². The zero-order valence-electron chi connectivity index (χ0n) is 25.4. The lowest BCUT2D eigenvalue weighted by Crippen LogP contribution is -2.38. The highest BCUT2D eigenvalue weighted by Gasteiger charge is 2.33. The monoisotopic (exact) mass is 766 g/mol. The van der Waals surface area contributed by atoms with E-state index in [1.165, 1.54) is 22.3 Å². The topological polar surface area (TPSA) is 52.8 Å². The molecule has 8 heteroatoms. The van der Waals surface area contributed by atoms with Crippen molar-refractivity contribution in [2.24, 2.45) is 4.99 Å². The summed E-state index contributed by atoms with van der Waals surface area (Å²) in [5, 5.41) is 2.98. The Morgan fingerprint density at radius 3 is 2.64 bits per heavy atom. The maximum Gasteiger partial charge on any atom is 0.271 e. The number of benzene rings is 5. The van der Waals surface area contributed by atoms with Gasteiger partial charge in [0.05, 0.1) is 27.0 Å². The number of nitrogens with zero attached hydrogens (tertiary/aromatic N) is 2. The molecule has 232 valence electrons. The normalized spacial score (nSPS) is 15.6. The van der Waals surface area contributed by atoms with Crippen LogP contribution >= 0.6 is 45.5 Å². The lowest BCUT2D eigenvalue weighted by Gasteiger charge is -2.31. The molecule has 0 radical (unpaired) electrons. The number of aromatic nitrogens is 1. The highest BCUT2D eigenvalue weighted by Crippen LogP contribution is 2.43. The molecule has 47 heavy (non-hydrogen) atoms. The zero-order chi connectivity index (χ0) is 32.1. The number of halogens is 2. The first-order chi connectivity index (χ1) is 23.0. The summed E-state index contributed by atoms with van der Waals surface area (Å²) in [6.45, 7) is 0.404. The number of ether oxygens (including phenoxy) is 2. The van der Waals surface area contributed by atoms with Crippen LogP contribution in [0.2, 0.25) is 5.02 Å². The van der Waals surface area contributed by atoms with Gasteiger partial charge in [0.25, 0.3) is 5.56 Å². The van der Waals surface area contributed by atoms with E-state index in [0.717, 1.165) is 55.3 Å². The average Bonchev–Trinajstić information content (AvgIpc) is 3.40. The van der Waals surface area contributed by atoms with Crippen molar-refractivity contribution in [2.75, 3.05) is 7.11 Å². The lowest BCUT2D eigenvalue weighted by atomic mass is 9.83. The van der Waals surface area contributed by atoms with E-state index in [2.05, 4.69) is 71.1 Å². The van der Waals surface area contributed by atoms with Gasteiger partial charge in [-0.3, -0.25) is 9.36 Å². The van der Waals surface area contributed by atoms with Crippen molar-refractivity contribution in [2.45, 2.75) is 25.5 Å². The molecule has 2 aliphatic rings. The highest BCUT2D eigenvalue weighted by atomic mass is 127. The second-order valence-electron chi connectivity index (χ2n) is 11.6. The summed E-state index contributed by atoms with van der Waals surface area (Å²) >= 11 is 10.5. The first kappa shape index (κ1) is 30.2. The Kier molecular flexibility index (Phi) is 7.99. The Labute approximate surface area is 294 Å². The number of allylic oxidation sites excluding steroid dienone is 1. The molecule has 1 aliphatic heterocycles. The van der Waals surface area contributed by atoms with E-state index < -0.39 is 0 Å². The molecule has 1 atom stereocenters. The van der Waals surface area contributed by atoms with Crippen molar-refractivity contribution in [3.8, 4) is 11.5 Å². The predicted octanol–water partition coefficient (Wildman–Crippen LogP) is 8.32. The van der Waals surface area contributed by atoms with Crippen LogP contribution in [0.4, 0.5) is 0 Å². The summed E-state index contributed by atoms with van der Waals surface area (Å²) in [7, 11) is 1.64. The zero-order valence-corrected chi connectivity index (χ0v) is 29.1. The summed E-state index contributed by atoms with van der Waals surface area (Å²) < 4.78 is 15.5. The van der Waals surface area contributed by atoms with E-state index in [4.69, 9.17) is 26.1 Å². The minimum atomic E-state index is -0.329. The second kappa shape index (κ2) is 12.4. The van der Waals surface area contributed by atoms with Gasteiger partial charge < -0.3 is 9.47 Å². The van der Waals surface area contributed by atoms with Gasteiger partial charge in [-0.2, -0.15) is 0 Å². The minimum Gasteiger partial charge on any atom is -0.493 e. The van der Waals surface area contributed by atoms with Crippen LogP contribution in [-0.2, 0) is 13.0 Å². The van der Waals surface area contributed by atoms with Crippen molar-refractivity contribution in [1.29, 1.82) is 0 Å². The van der Waals surface area contributed by atoms with E-state index in [0.29, 0.717) is 32.5 Å². The van der Waals surface area contributed by atoms with Gasteiger partial charge in [-0.15, -0.1) is 0 Å². The summed E-state index contributed by atoms with van der Waals surface area (Å²) in [6.07, 6.45) is 3.62. The smallest absolute Gasteiger partial charge is 0.271 e. The van der Waals surface area contributed by atoms with Gasteiger partial charge in [-0.25, -0.2) is 4.99 Å². The third-order valence-corrected chi connectivity index (χ3v) is 11.0. The first-order valence-corrected chi connectivity index (χ1v) is 17.6. The largest absolute Gasteiger partial charge is 0.493 e.